The summed E-state index contributed by atoms with van der Waals surface area (Å²) in [5.41, 5.74) is 4.17. The Morgan fingerprint density at radius 1 is 0.688 bits per heavy atom. The maximum absolute atomic E-state index is 13.5. The van der Waals surface area contributed by atoms with E-state index in [-0.39, 0.29) is 11.6 Å². The topological polar surface area (TPSA) is 66.5 Å². The van der Waals surface area contributed by atoms with Crippen LogP contribution < -0.4 is 5.32 Å². The van der Waals surface area contributed by atoms with Gasteiger partial charge in [0.15, 0.2) is 0 Å². The first-order chi connectivity index (χ1) is 15.7. The van der Waals surface area contributed by atoms with Gasteiger partial charge in [0.2, 0.25) is 5.95 Å². The van der Waals surface area contributed by atoms with Gasteiger partial charge < -0.3 is 10.3 Å². The summed E-state index contributed by atoms with van der Waals surface area (Å²) in [6, 6.07) is 23.5. The zero-order valence-electron chi connectivity index (χ0n) is 16.8. The summed E-state index contributed by atoms with van der Waals surface area (Å²) in [5.74, 6) is 0.319. The number of hydrogen-bond donors (Lipinski definition) is 2. The average molecular weight is 425 g/mol. The van der Waals surface area contributed by atoms with E-state index in [1.165, 1.54) is 24.3 Å². The standard InChI is InChI=1S/C25H17F2N5/c26-18-10-6-16(7-11-18)22-23(32-24(31-22)17-8-12-19(27)13-9-17)21-14-15-28-25(30-21)29-20-4-2-1-3-5-20/h1-15H,(H,31,32)(H,28,29,30). The molecule has 5 rings (SSSR count). The maximum Gasteiger partial charge on any atom is 0.227 e. The highest BCUT2D eigenvalue weighted by Gasteiger charge is 2.17. The lowest BCUT2D eigenvalue weighted by Gasteiger charge is -2.07. The third-order valence-corrected chi connectivity index (χ3v) is 4.88. The lowest BCUT2D eigenvalue weighted by atomic mass is 10.1. The molecule has 0 spiro atoms. The summed E-state index contributed by atoms with van der Waals surface area (Å²) in [4.78, 5) is 16.9. The molecule has 0 fully saturated rings. The quantitative estimate of drug-likeness (QED) is 0.351. The van der Waals surface area contributed by atoms with E-state index in [2.05, 4.69) is 20.3 Å². The van der Waals surface area contributed by atoms with Crippen molar-refractivity contribution in [3.05, 3.63) is 103 Å². The van der Waals surface area contributed by atoms with Crippen molar-refractivity contribution in [2.45, 2.75) is 0 Å². The van der Waals surface area contributed by atoms with Gasteiger partial charge in [0.1, 0.15) is 17.5 Å². The molecule has 0 radical (unpaired) electrons. The van der Waals surface area contributed by atoms with Crippen LogP contribution in [0.4, 0.5) is 20.4 Å². The highest BCUT2D eigenvalue weighted by atomic mass is 19.1. The van der Waals surface area contributed by atoms with E-state index in [1.807, 2.05) is 30.3 Å². The second-order valence-corrected chi connectivity index (χ2v) is 7.08. The molecule has 0 saturated carbocycles. The van der Waals surface area contributed by atoms with Crippen LogP contribution in [0, 0.1) is 11.6 Å². The minimum atomic E-state index is -0.332. The number of nitrogens with one attached hydrogen (secondary N) is 2. The molecule has 7 heteroatoms. The SMILES string of the molecule is Fc1ccc(-c2nc(-c3ccc(F)cc3)c(-c3ccnc(Nc4ccccc4)n3)[nH]2)cc1. The normalized spacial score (nSPS) is 10.8. The minimum absolute atomic E-state index is 0.327. The number of halogens is 2. The van der Waals surface area contributed by atoms with Crippen molar-refractivity contribution in [1.29, 1.82) is 0 Å². The number of anilines is 2. The molecule has 0 bridgehead atoms. The largest absolute Gasteiger partial charge is 0.336 e. The van der Waals surface area contributed by atoms with Gasteiger partial charge >= 0.3 is 0 Å². The number of benzene rings is 3. The molecule has 0 amide bonds. The van der Waals surface area contributed by atoms with E-state index < -0.39 is 0 Å². The predicted molar refractivity (Wildman–Crippen MR) is 120 cm³/mol. The highest BCUT2D eigenvalue weighted by molar-refractivity contribution is 5.80. The van der Waals surface area contributed by atoms with E-state index in [4.69, 9.17) is 4.98 Å². The monoisotopic (exact) mass is 425 g/mol. The fourth-order valence-electron chi connectivity index (χ4n) is 3.33. The minimum Gasteiger partial charge on any atom is -0.336 e. The Morgan fingerprint density at radius 2 is 1.34 bits per heavy atom. The van der Waals surface area contributed by atoms with E-state index >= 15 is 0 Å². The molecule has 5 aromatic rings. The molecule has 3 aromatic carbocycles. The Hall–Kier alpha value is -4.39. The molecule has 156 valence electrons. The molecule has 0 saturated heterocycles. The van der Waals surface area contributed by atoms with Crippen LogP contribution >= 0.6 is 0 Å². The second-order valence-electron chi connectivity index (χ2n) is 7.08. The lowest BCUT2D eigenvalue weighted by molar-refractivity contribution is 0.627. The van der Waals surface area contributed by atoms with Gasteiger partial charge in [-0.2, -0.15) is 0 Å². The summed E-state index contributed by atoms with van der Waals surface area (Å²) >= 11 is 0. The molecule has 0 aliphatic carbocycles. The Morgan fingerprint density at radius 3 is 2.03 bits per heavy atom. The van der Waals surface area contributed by atoms with Gasteiger partial charge in [-0.25, -0.2) is 23.7 Å². The van der Waals surface area contributed by atoms with Crippen molar-refractivity contribution >= 4 is 11.6 Å². The Kier molecular flexibility index (Phi) is 5.13. The Balaban J connectivity index is 1.60. The van der Waals surface area contributed by atoms with E-state index in [9.17, 15) is 8.78 Å². The van der Waals surface area contributed by atoms with Crippen LogP contribution in [0.25, 0.3) is 34.0 Å². The third-order valence-electron chi connectivity index (χ3n) is 4.88. The summed E-state index contributed by atoms with van der Waals surface area (Å²) in [6.07, 6.45) is 1.65. The smallest absolute Gasteiger partial charge is 0.227 e. The first-order valence-corrected chi connectivity index (χ1v) is 9.93. The average Bonchev–Trinajstić information content (AvgIpc) is 3.26. The molecule has 2 heterocycles. The number of rotatable bonds is 5. The van der Waals surface area contributed by atoms with Gasteiger partial charge in [-0.1, -0.05) is 18.2 Å². The number of para-hydroxylation sites is 1. The van der Waals surface area contributed by atoms with Crippen molar-refractivity contribution in [1.82, 2.24) is 19.9 Å². The number of nitrogens with zero attached hydrogens (tertiary/aromatic N) is 3. The van der Waals surface area contributed by atoms with Gasteiger partial charge in [0, 0.05) is 23.0 Å². The van der Waals surface area contributed by atoms with E-state index in [0.29, 0.717) is 28.9 Å². The van der Waals surface area contributed by atoms with Crippen molar-refractivity contribution in [2.24, 2.45) is 0 Å². The van der Waals surface area contributed by atoms with Crippen LogP contribution in [0.2, 0.25) is 0 Å². The summed E-state index contributed by atoms with van der Waals surface area (Å²) < 4.78 is 26.9. The first-order valence-electron chi connectivity index (χ1n) is 9.93. The van der Waals surface area contributed by atoms with Crippen LogP contribution in [0.1, 0.15) is 0 Å². The molecule has 0 aliphatic heterocycles. The van der Waals surface area contributed by atoms with Gasteiger partial charge in [-0.15, -0.1) is 0 Å². The van der Waals surface area contributed by atoms with Crippen LogP contribution in [0.3, 0.4) is 0 Å². The van der Waals surface area contributed by atoms with Crippen molar-refractivity contribution in [2.75, 3.05) is 5.32 Å². The van der Waals surface area contributed by atoms with Crippen molar-refractivity contribution < 1.29 is 8.78 Å². The van der Waals surface area contributed by atoms with Gasteiger partial charge in [-0.3, -0.25) is 0 Å². The summed E-state index contributed by atoms with van der Waals surface area (Å²) in [6.45, 7) is 0. The van der Waals surface area contributed by atoms with Crippen molar-refractivity contribution in [3.63, 3.8) is 0 Å². The molecular formula is C25H17F2N5. The zero-order valence-corrected chi connectivity index (χ0v) is 16.8. The molecule has 0 atom stereocenters. The van der Waals surface area contributed by atoms with E-state index in [1.54, 1.807) is 36.5 Å². The molecule has 0 unspecified atom stereocenters. The van der Waals surface area contributed by atoms with Crippen LogP contribution in [0.5, 0.6) is 0 Å². The number of H-pyrrole nitrogens is 1. The van der Waals surface area contributed by atoms with Crippen LogP contribution in [-0.4, -0.2) is 19.9 Å². The Bertz CT molecular complexity index is 1350. The number of aromatic amines is 1. The fourth-order valence-corrected chi connectivity index (χ4v) is 3.33. The molecule has 2 N–H and O–H groups in total. The molecule has 32 heavy (non-hydrogen) atoms. The number of imidazole rings is 1. The predicted octanol–water partition coefficient (Wildman–Crippen LogP) is 6.22. The molecular weight excluding hydrogens is 408 g/mol. The zero-order chi connectivity index (χ0) is 21.9. The maximum atomic E-state index is 13.5. The summed E-state index contributed by atoms with van der Waals surface area (Å²) in [7, 11) is 0. The molecule has 2 aromatic heterocycles. The second kappa shape index (κ2) is 8.39. The first kappa shape index (κ1) is 19.6. The molecule has 0 aliphatic rings. The fraction of sp³-hybridized carbons (Fsp3) is 0. The van der Waals surface area contributed by atoms with E-state index in [0.717, 1.165) is 16.8 Å². The third kappa shape index (κ3) is 4.09. The van der Waals surface area contributed by atoms with Crippen LogP contribution in [0.15, 0.2) is 91.1 Å². The summed E-state index contributed by atoms with van der Waals surface area (Å²) in [5, 5.41) is 3.18. The Labute approximate surface area is 182 Å². The highest BCUT2D eigenvalue weighted by Crippen LogP contribution is 2.32. The lowest BCUT2D eigenvalue weighted by Crippen LogP contribution is -1.98. The van der Waals surface area contributed by atoms with Gasteiger partial charge in [-0.05, 0) is 66.7 Å². The van der Waals surface area contributed by atoms with Gasteiger partial charge in [0.05, 0.1) is 17.1 Å². The van der Waals surface area contributed by atoms with Crippen molar-refractivity contribution in [3.8, 4) is 34.0 Å². The number of hydrogen-bond acceptors (Lipinski definition) is 4. The number of aromatic nitrogens is 4. The molecule has 5 nitrogen and oxygen atoms in total. The van der Waals surface area contributed by atoms with Crippen LogP contribution in [-0.2, 0) is 0 Å². The van der Waals surface area contributed by atoms with Gasteiger partial charge in [0.25, 0.3) is 0 Å².